The first-order valence-electron chi connectivity index (χ1n) is 6.15. The Labute approximate surface area is 102 Å². The van der Waals surface area contributed by atoms with E-state index in [1.165, 1.54) is 35.7 Å². The zero-order valence-electron chi connectivity index (χ0n) is 10.3. The quantitative estimate of drug-likeness (QED) is 0.881. The number of nitrogens with one attached hydrogen (secondary N) is 1. The van der Waals surface area contributed by atoms with Crippen molar-refractivity contribution in [2.24, 2.45) is 17.8 Å². The predicted molar refractivity (Wildman–Crippen MR) is 67.4 cm³/mol. The topological polar surface area (TPSA) is 37.8 Å². The van der Waals surface area contributed by atoms with Crippen LogP contribution in [0.2, 0.25) is 0 Å². The van der Waals surface area contributed by atoms with Gasteiger partial charge in [-0.15, -0.1) is 5.10 Å². The van der Waals surface area contributed by atoms with Crippen LogP contribution < -0.4 is 5.32 Å². The van der Waals surface area contributed by atoms with Crippen LogP contribution >= 0.6 is 11.5 Å². The molecule has 0 aliphatic heterocycles. The molecule has 0 bridgehead atoms. The molecule has 0 radical (unpaired) electrons. The van der Waals surface area contributed by atoms with E-state index in [4.69, 9.17) is 0 Å². The van der Waals surface area contributed by atoms with E-state index in [-0.39, 0.29) is 0 Å². The summed E-state index contributed by atoms with van der Waals surface area (Å²) in [6.07, 6.45) is 5.95. The summed E-state index contributed by atoms with van der Waals surface area (Å²) < 4.78 is 3.98. The molecule has 16 heavy (non-hydrogen) atoms. The summed E-state index contributed by atoms with van der Waals surface area (Å²) in [7, 11) is 2.05. The smallest absolute Gasteiger partial charge is 0.0669 e. The monoisotopic (exact) mass is 239 g/mol. The molecule has 3 atom stereocenters. The molecule has 1 aromatic heterocycles. The van der Waals surface area contributed by atoms with Gasteiger partial charge in [-0.25, -0.2) is 0 Å². The summed E-state index contributed by atoms with van der Waals surface area (Å²) in [5, 5.41) is 7.40. The fourth-order valence-electron chi connectivity index (χ4n) is 3.20. The molecule has 1 aliphatic rings. The van der Waals surface area contributed by atoms with Crippen LogP contribution in [0.3, 0.4) is 0 Å². The lowest BCUT2D eigenvalue weighted by Crippen LogP contribution is -2.30. The van der Waals surface area contributed by atoms with Crippen molar-refractivity contribution >= 4 is 11.5 Å². The maximum Gasteiger partial charge on any atom is 0.0669 e. The minimum absolute atomic E-state index is 0.449. The van der Waals surface area contributed by atoms with Crippen LogP contribution in [-0.2, 0) is 0 Å². The van der Waals surface area contributed by atoms with Gasteiger partial charge in [0.2, 0.25) is 0 Å². The molecule has 1 N–H and O–H groups in total. The van der Waals surface area contributed by atoms with E-state index in [1.54, 1.807) is 0 Å². The zero-order chi connectivity index (χ0) is 11.5. The lowest BCUT2D eigenvalue weighted by atomic mass is 9.73. The van der Waals surface area contributed by atoms with Gasteiger partial charge in [0.15, 0.2) is 0 Å². The van der Waals surface area contributed by atoms with E-state index >= 15 is 0 Å². The minimum Gasteiger partial charge on any atom is -0.312 e. The molecule has 1 heterocycles. The van der Waals surface area contributed by atoms with Crippen molar-refractivity contribution in [3.05, 3.63) is 11.1 Å². The van der Waals surface area contributed by atoms with Crippen LogP contribution in [0.1, 0.15) is 44.0 Å². The maximum atomic E-state index is 3.98. The highest BCUT2D eigenvalue weighted by Crippen LogP contribution is 2.40. The molecule has 1 saturated carbocycles. The Morgan fingerprint density at radius 3 is 2.50 bits per heavy atom. The third-order valence-corrected chi connectivity index (χ3v) is 4.43. The molecule has 1 fully saturated rings. The molecule has 3 nitrogen and oxygen atoms in total. The number of rotatable bonds is 3. The Kier molecular flexibility index (Phi) is 3.92. The SMILES string of the molecule is CNC(c1cnns1)C1CC(C)CC(C)C1. The molecule has 0 saturated heterocycles. The van der Waals surface area contributed by atoms with Crippen LogP contribution in [0.5, 0.6) is 0 Å². The average Bonchev–Trinajstić information content (AvgIpc) is 2.70. The van der Waals surface area contributed by atoms with Crippen LogP contribution in [-0.4, -0.2) is 16.6 Å². The second-order valence-corrected chi connectivity index (χ2v) is 6.08. The summed E-state index contributed by atoms with van der Waals surface area (Å²) in [6.45, 7) is 4.75. The molecular weight excluding hydrogens is 218 g/mol. The van der Waals surface area contributed by atoms with E-state index in [0.29, 0.717) is 6.04 Å². The third-order valence-electron chi connectivity index (χ3n) is 3.68. The molecular formula is C12H21N3S. The van der Waals surface area contributed by atoms with Crippen LogP contribution in [0, 0.1) is 17.8 Å². The molecule has 90 valence electrons. The molecule has 3 unspecified atom stereocenters. The molecule has 0 spiro atoms. The highest BCUT2D eigenvalue weighted by Gasteiger charge is 2.30. The Hall–Kier alpha value is -0.480. The van der Waals surface area contributed by atoms with E-state index < -0.39 is 0 Å². The first-order valence-corrected chi connectivity index (χ1v) is 6.92. The van der Waals surface area contributed by atoms with Crippen LogP contribution in [0.25, 0.3) is 0 Å². The van der Waals surface area contributed by atoms with E-state index in [9.17, 15) is 0 Å². The lowest BCUT2D eigenvalue weighted by Gasteiger charge is -2.35. The van der Waals surface area contributed by atoms with Gasteiger partial charge in [-0.3, -0.25) is 0 Å². The van der Waals surface area contributed by atoms with Gasteiger partial charge in [0.25, 0.3) is 0 Å². The van der Waals surface area contributed by atoms with Gasteiger partial charge in [-0.2, -0.15) is 0 Å². The number of hydrogen-bond donors (Lipinski definition) is 1. The van der Waals surface area contributed by atoms with Gasteiger partial charge in [0.05, 0.1) is 11.1 Å². The van der Waals surface area contributed by atoms with E-state index in [0.717, 1.165) is 17.8 Å². The number of nitrogens with zero attached hydrogens (tertiary/aromatic N) is 2. The summed E-state index contributed by atoms with van der Waals surface area (Å²) in [6, 6.07) is 0.449. The highest BCUT2D eigenvalue weighted by atomic mass is 32.1. The average molecular weight is 239 g/mol. The van der Waals surface area contributed by atoms with Crippen LogP contribution in [0.4, 0.5) is 0 Å². The second kappa shape index (κ2) is 5.23. The highest BCUT2D eigenvalue weighted by molar-refractivity contribution is 7.05. The summed E-state index contributed by atoms with van der Waals surface area (Å²) in [5.74, 6) is 2.45. The van der Waals surface area contributed by atoms with Crippen molar-refractivity contribution in [2.45, 2.75) is 39.2 Å². The van der Waals surface area contributed by atoms with E-state index in [2.05, 4.69) is 28.8 Å². The van der Waals surface area contributed by atoms with Gasteiger partial charge >= 0.3 is 0 Å². The molecule has 4 heteroatoms. The van der Waals surface area contributed by atoms with Crippen molar-refractivity contribution in [3.8, 4) is 0 Å². The Bertz CT molecular complexity index is 302. The summed E-state index contributed by atoms with van der Waals surface area (Å²) in [5.41, 5.74) is 0. The molecule has 0 amide bonds. The van der Waals surface area contributed by atoms with Gasteiger partial charge in [0.1, 0.15) is 0 Å². The van der Waals surface area contributed by atoms with Gasteiger partial charge in [-0.1, -0.05) is 18.3 Å². The van der Waals surface area contributed by atoms with Gasteiger partial charge in [0, 0.05) is 6.04 Å². The molecule has 2 rings (SSSR count). The van der Waals surface area contributed by atoms with Crippen LogP contribution in [0.15, 0.2) is 6.20 Å². The Balaban J connectivity index is 2.09. The first kappa shape index (κ1) is 12.0. The first-order chi connectivity index (χ1) is 7.70. The Morgan fingerprint density at radius 2 is 2.00 bits per heavy atom. The van der Waals surface area contributed by atoms with Crippen molar-refractivity contribution in [1.29, 1.82) is 0 Å². The van der Waals surface area contributed by atoms with E-state index in [1.807, 2.05) is 13.2 Å². The van der Waals surface area contributed by atoms with Gasteiger partial charge in [-0.05, 0) is 55.6 Å². The standard InChI is InChI=1S/C12H21N3S/c1-8-4-9(2)6-10(5-8)12(13-3)11-7-14-15-16-11/h7-10,12-13H,4-6H2,1-3H3. The summed E-state index contributed by atoms with van der Waals surface area (Å²) in [4.78, 5) is 1.29. The van der Waals surface area contributed by atoms with Crippen molar-refractivity contribution in [3.63, 3.8) is 0 Å². The molecule has 1 aromatic rings. The minimum atomic E-state index is 0.449. The zero-order valence-corrected chi connectivity index (χ0v) is 11.1. The largest absolute Gasteiger partial charge is 0.312 e. The Morgan fingerprint density at radius 1 is 1.31 bits per heavy atom. The number of aromatic nitrogens is 2. The number of hydrogen-bond acceptors (Lipinski definition) is 4. The fraction of sp³-hybridized carbons (Fsp3) is 0.833. The normalized spacial score (nSPS) is 32.6. The van der Waals surface area contributed by atoms with Gasteiger partial charge < -0.3 is 5.32 Å². The lowest BCUT2D eigenvalue weighted by molar-refractivity contribution is 0.182. The summed E-state index contributed by atoms with van der Waals surface area (Å²) >= 11 is 1.53. The van der Waals surface area contributed by atoms with Crippen molar-refractivity contribution < 1.29 is 0 Å². The third kappa shape index (κ3) is 2.61. The maximum absolute atomic E-state index is 3.98. The molecule has 1 aliphatic carbocycles. The predicted octanol–water partition coefficient (Wildman–Crippen LogP) is 2.87. The molecule has 0 aromatic carbocycles. The van der Waals surface area contributed by atoms with Crippen molar-refractivity contribution in [2.75, 3.05) is 7.05 Å². The second-order valence-electron chi connectivity index (χ2n) is 5.26. The van der Waals surface area contributed by atoms with Crippen molar-refractivity contribution in [1.82, 2.24) is 14.9 Å². The fourth-order valence-corrected chi connectivity index (χ4v) is 3.91.